The fourth-order valence-electron chi connectivity index (χ4n) is 2.04. The summed E-state index contributed by atoms with van der Waals surface area (Å²) in [5, 5.41) is 0. The second-order valence-electron chi connectivity index (χ2n) is 4.26. The molecule has 0 radical (unpaired) electrons. The normalized spacial score (nSPS) is 18.6. The van der Waals surface area contributed by atoms with Crippen molar-refractivity contribution >= 4 is 18.0 Å². The first-order valence-electron chi connectivity index (χ1n) is 6.19. The van der Waals surface area contributed by atoms with E-state index in [2.05, 4.69) is 0 Å². The Kier molecular flexibility index (Phi) is 4.93. The van der Waals surface area contributed by atoms with Gasteiger partial charge in [-0.25, -0.2) is 0 Å². The Hall–Kier alpha value is -1.16. The van der Waals surface area contributed by atoms with Crippen molar-refractivity contribution in [2.45, 2.75) is 25.4 Å². The molecule has 1 unspecified atom stereocenters. The number of thioether (sulfide) groups is 1. The lowest BCUT2D eigenvalue weighted by molar-refractivity contribution is -0.107. The molecule has 1 atom stereocenters. The summed E-state index contributed by atoms with van der Waals surface area (Å²) in [6.07, 6.45) is 3.50. The number of rotatable bonds is 6. The van der Waals surface area contributed by atoms with Crippen LogP contribution >= 0.6 is 11.8 Å². The van der Waals surface area contributed by atoms with E-state index in [-0.39, 0.29) is 6.10 Å². The highest BCUT2D eigenvalue weighted by molar-refractivity contribution is 7.99. The highest BCUT2D eigenvalue weighted by atomic mass is 32.2. The van der Waals surface area contributed by atoms with Gasteiger partial charge in [-0.1, -0.05) is 12.1 Å². The van der Waals surface area contributed by atoms with Crippen LogP contribution in [0, 0.1) is 0 Å². The summed E-state index contributed by atoms with van der Waals surface area (Å²) in [6.45, 7) is 0. The average Bonchev–Trinajstić information content (AvgIpc) is 2.90. The molecular weight excluding hydrogens is 248 g/mol. The Balaban J connectivity index is 2.18. The molecule has 0 amide bonds. The van der Waals surface area contributed by atoms with Gasteiger partial charge in [0.1, 0.15) is 12.4 Å². The molecule has 2 rings (SSSR count). The number of ether oxygens (including phenoxy) is 2. The maximum Gasteiger partial charge on any atom is 0.164 e. The third-order valence-electron chi connectivity index (χ3n) is 2.98. The van der Waals surface area contributed by atoms with Gasteiger partial charge in [0.2, 0.25) is 0 Å². The molecule has 18 heavy (non-hydrogen) atoms. The van der Waals surface area contributed by atoms with Crippen LogP contribution in [0.25, 0.3) is 0 Å². The number of para-hydroxylation sites is 1. The van der Waals surface area contributed by atoms with Crippen molar-refractivity contribution in [3.63, 3.8) is 0 Å². The number of carbonyl (C=O) groups excluding carboxylic acids is 1. The maximum absolute atomic E-state index is 10.5. The predicted octanol–water partition coefficient (Wildman–Crippen LogP) is 2.71. The van der Waals surface area contributed by atoms with Crippen LogP contribution in [0.4, 0.5) is 0 Å². The van der Waals surface area contributed by atoms with Crippen molar-refractivity contribution in [3.8, 4) is 11.5 Å². The number of carbonyl (C=O) groups is 1. The zero-order chi connectivity index (χ0) is 12.8. The van der Waals surface area contributed by atoms with E-state index in [0.29, 0.717) is 12.8 Å². The summed E-state index contributed by atoms with van der Waals surface area (Å²) in [5.74, 6) is 3.76. The van der Waals surface area contributed by atoms with Crippen LogP contribution < -0.4 is 9.47 Å². The molecule has 0 N–H and O–H groups in total. The van der Waals surface area contributed by atoms with Crippen molar-refractivity contribution < 1.29 is 14.3 Å². The zero-order valence-electron chi connectivity index (χ0n) is 10.6. The molecule has 0 saturated carbocycles. The van der Waals surface area contributed by atoms with Crippen LogP contribution in [-0.2, 0) is 11.2 Å². The molecular formula is C14H18O3S. The van der Waals surface area contributed by atoms with E-state index < -0.39 is 0 Å². The second kappa shape index (κ2) is 6.69. The molecule has 0 spiro atoms. The van der Waals surface area contributed by atoms with Crippen LogP contribution in [0.15, 0.2) is 18.2 Å². The van der Waals surface area contributed by atoms with E-state index in [4.69, 9.17) is 9.47 Å². The molecule has 1 fully saturated rings. The summed E-state index contributed by atoms with van der Waals surface area (Å²) in [6, 6.07) is 5.85. The van der Waals surface area contributed by atoms with E-state index in [0.717, 1.165) is 41.3 Å². The predicted molar refractivity (Wildman–Crippen MR) is 73.7 cm³/mol. The number of aryl methyl sites for hydroxylation is 1. The van der Waals surface area contributed by atoms with Gasteiger partial charge in [-0.15, -0.1) is 0 Å². The lowest BCUT2D eigenvalue weighted by atomic mass is 10.1. The Bertz CT molecular complexity index is 400. The van der Waals surface area contributed by atoms with E-state index >= 15 is 0 Å². The average molecular weight is 266 g/mol. The summed E-state index contributed by atoms with van der Waals surface area (Å²) in [7, 11) is 1.65. The third kappa shape index (κ3) is 3.19. The minimum Gasteiger partial charge on any atom is -0.493 e. The van der Waals surface area contributed by atoms with E-state index in [1.54, 1.807) is 7.11 Å². The molecule has 1 aromatic rings. The Morgan fingerprint density at radius 3 is 3.06 bits per heavy atom. The first-order valence-corrected chi connectivity index (χ1v) is 7.34. The molecule has 3 nitrogen and oxygen atoms in total. The Morgan fingerprint density at radius 2 is 2.39 bits per heavy atom. The lowest BCUT2D eigenvalue weighted by Gasteiger charge is -2.18. The molecule has 98 valence electrons. The first kappa shape index (κ1) is 13.3. The molecule has 1 aromatic carbocycles. The molecule has 1 saturated heterocycles. The van der Waals surface area contributed by atoms with Gasteiger partial charge in [0.15, 0.2) is 11.5 Å². The van der Waals surface area contributed by atoms with Gasteiger partial charge in [0.25, 0.3) is 0 Å². The van der Waals surface area contributed by atoms with Crippen molar-refractivity contribution in [2.75, 3.05) is 18.6 Å². The lowest BCUT2D eigenvalue weighted by Crippen LogP contribution is -2.16. The van der Waals surface area contributed by atoms with Gasteiger partial charge in [-0.3, -0.25) is 0 Å². The minimum absolute atomic E-state index is 0.265. The van der Waals surface area contributed by atoms with Gasteiger partial charge in [-0.2, -0.15) is 11.8 Å². The topological polar surface area (TPSA) is 35.5 Å². The second-order valence-corrected chi connectivity index (χ2v) is 5.41. The van der Waals surface area contributed by atoms with Gasteiger partial charge in [-0.05, 0) is 30.2 Å². The number of aldehydes is 1. The molecule has 0 aromatic heterocycles. The number of hydrogen-bond donors (Lipinski definition) is 0. The maximum atomic E-state index is 10.5. The standard InChI is InChI=1S/C14H18O3S/c1-16-13-6-2-4-11(5-3-8-15)14(13)17-12-7-9-18-10-12/h2,4,6,8,12H,3,5,7,9-10H2,1H3. The summed E-state index contributed by atoms with van der Waals surface area (Å²) in [5.41, 5.74) is 1.05. The molecule has 0 aliphatic carbocycles. The van der Waals surface area contributed by atoms with Gasteiger partial charge in [0, 0.05) is 12.2 Å². The molecule has 4 heteroatoms. The van der Waals surface area contributed by atoms with Crippen molar-refractivity contribution in [3.05, 3.63) is 23.8 Å². The van der Waals surface area contributed by atoms with Crippen LogP contribution in [0.3, 0.4) is 0 Å². The van der Waals surface area contributed by atoms with Gasteiger partial charge >= 0.3 is 0 Å². The van der Waals surface area contributed by atoms with Crippen molar-refractivity contribution in [1.82, 2.24) is 0 Å². The summed E-state index contributed by atoms with van der Waals surface area (Å²) < 4.78 is 11.4. The number of methoxy groups -OCH3 is 1. The molecule has 1 aliphatic rings. The van der Waals surface area contributed by atoms with Crippen LogP contribution in [0.2, 0.25) is 0 Å². The monoisotopic (exact) mass is 266 g/mol. The Morgan fingerprint density at radius 1 is 1.50 bits per heavy atom. The van der Waals surface area contributed by atoms with Crippen LogP contribution in [0.5, 0.6) is 11.5 Å². The smallest absolute Gasteiger partial charge is 0.164 e. The third-order valence-corrected chi connectivity index (χ3v) is 4.12. The first-order chi connectivity index (χ1) is 8.85. The fraction of sp³-hybridized carbons (Fsp3) is 0.500. The Labute approximate surface area is 112 Å². The quantitative estimate of drug-likeness (QED) is 0.742. The van der Waals surface area contributed by atoms with Crippen molar-refractivity contribution in [2.24, 2.45) is 0 Å². The number of benzene rings is 1. The largest absolute Gasteiger partial charge is 0.493 e. The van der Waals surface area contributed by atoms with Gasteiger partial charge in [0.05, 0.1) is 7.11 Å². The fourth-order valence-corrected chi connectivity index (χ4v) is 3.13. The van der Waals surface area contributed by atoms with E-state index in [9.17, 15) is 4.79 Å². The minimum atomic E-state index is 0.265. The van der Waals surface area contributed by atoms with E-state index in [1.807, 2.05) is 30.0 Å². The number of hydrogen-bond acceptors (Lipinski definition) is 4. The van der Waals surface area contributed by atoms with Gasteiger partial charge < -0.3 is 14.3 Å². The molecule has 1 heterocycles. The van der Waals surface area contributed by atoms with Crippen LogP contribution in [0.1, 0.15) is 18.4 Å². The summed E-state index contributed by atoms with van der Waals surface area (Å²) in [4.78, 5) is 10.5. The highest BCUT2D eigenvalue weighted by Crippen LogP contribution is 2.34. The highest BCUT2D eigenvalue weighted by Gasteiger charge is 2.20. The zero-order valence-corrected chi connectivity index (χ0v) is 11.4. The molecule has 0 bridgehead atoms. The van der Waals surface area contributed by atoms with Crippen molar-refractivity contribution in [1.29, 1.82) is 0 Å². The van der Waals surface area contributed by atoms with Crippen LogP contribution in [-0.4, -0.2) is 31.0 Å². The SMILES string of the molecule is COc1cccc(CCC=O)c1OC1CCSC1. The summed E-state index contributed by atoms with van der Waals surface area (Å²) >= 11 is 1.92. The molecule has 1 aliphatic heterocycles. The van der Waals surface area contributed by atoms with E-state index in [1.165, 1.54) is 0 Å².